The summed E-state index contributed by atoms with van der Waals surface area (Å²) in [6.45, 7) is 4.03. The third kappa shape index (κ3) is 4.08. The van der Waals surface area contributed by atoms with E-state index in [-0.39, 0.29) is 12.0 Å². The summed E-state index contributed by atoms with van der Waals surface area (Å²) in [5, 5.41) is 3.10. The topological polar surface area (TPSA) is 67.3 Å². The Morgan fingerprint density at radius 1 is 1.29 bits per heavy atom. The number of carbonyl (C=O) groups excluding carboxylic acids is 1. The van der Waals surface area contributed by atoms with Gasteiger partial charge in [0, 0.05) is 37.8 Å². The van der Waals surface area contributed by atoms with Gasteiger partial charge < -0.3 is 15.0 Å². The summed E-state index contributed by atoms with van der Waals surface area (Å²) in [4.78, 5) is 22.9. The summed E-state index contributed by atoms with van der Waals surface area (Å²) in [6, 6.07) is 9.68. The van der Waals surface area contributed by atoms with Crippen LogP contribution in [0.2, 0.25) is 0 Å². The molecule has 0 saturated carbocycles. The number of hydrogen-bond acceptors (Lipinski definition) is 5. The van der Waals surface area contributed by atoms with Gasteiger partial charge in [-0.1, -0.05) is 18.2 Å². The number of carbonyl (C=O) groups is 1. The first kappa shape index (κ1) is 16.4. The van der Waals surface area contributed by atoms with Gasteiger partial charge in [0.05, 0.1) is 11.7 Å². The van der Waals surface area contributed by atoms with E-state index in [0.29, 0.717) is 24.6 Å². The highest BCUT2D eigenvalue weighted by molar-refractivity contribution is 5.93. The first-order valence-electron chi connectivity index (χ1n) is 8.31. The van der Waals surface area contributed by atoms with E-state index in [4.69, 9.17) is 4.74 Å². The van der Waals surface area contributed by atoms with Crippen LogP contribution in [0.25, 0.3) is 0 Å². The molecule has 1 N–H and O–H groups in total. The molecule has 126 valence electrons. The molecule has 0 spiro atoms. The van der Waals surface area contributed by atoms with Crippen LogP contribution in [0.3, 0.4) is 0 Å². The average Bonchev–Trinajstić information content (AvgIpc) is 3.14. The molecule has 6 heteroatoms. The van der Waals surface area contributed by atoms with Crippen LogP contribution in [0, 0.1) is 0 Å². The normalized spacial score (nSPS) is 16.8. The van der Waals surface area contributed by atoms with Crippen molar-refractivity contribution in [3.05, 3.63) is 48.3 Å². The van der Waals surface area contributed by atoms with E-state index in [1.54, 1.807) is 17.3 Å². The third-order valence-corrected chi connectivity index (χ3v) is 4.05. The Morgan fingerprint density at radius 3 is 2.67 bits per heavy atom. The molecule has 2 aromatic rings. The van der Waals surface area contributed by atoms with Crippen LogP contribution >= 0.6 is 0 Å². The van der Waals surface area contributed by atoms with Crippen LogP contribution in [-0.4, -0.2) is 46.6 Å². The molecule has 0 unspecified atom stereocenters. The summed E-state index contributed by atoms with van der Waals surface area (Å²) in [5.74, 6) is 0.416. The molecule has 24 heavy (non-hydrogen) atoms. The van der Waals surface area contributed by atoms with Gasteiger partial charge in [0.2, 0.25) is 5.95 Å². The Hall–Kier alpha value is -2.47. The van der Waals surface area contributed by atoms with Crippen molar-refractivity contribution in [2.75, 3.05) is 25.0 Å². The predicted octanol–water partition coefficient (Wildman–Crippen LogP) is 2.86. The second kappa shape index (κ2) is 7.88. The molecule has 3 rings (SSSR count). The SMILES string of the molecule is CCN(C[C@H]1CCCO1)C(=O)c1cnc(Nc2ccccc2)nc1. The number of amides is 1. The smallest absolute Gasteiger partial charge is 0.257 e. The van der Waals surface area contributed by atoms with Crippen LogP contribution in [0.15, 0.2) is 42.7 Å². The number of likely N-dealkylation sites (N-methyl/N-ethyl adjacent to an activating group) is 1. The lowest BCUT2D eigenvalue weighted by Gasteiger charge is -2.23. The number of para-hydroxylation sites is 1. The molecular formula is C18H22N4O2. The van der Waals surface area contributed by atoms with E-state index in [1.807, 2.05) is 37.3 Å². The van der Waals surface area contributed by atoms with Crippen LogP contribution < -0.4 is 5.32 Å². The number of aromatic nitrogens is 2. The molecule has 1 aromatic heterocycles. The zero-order valence-corrected chi connectivity index (χ0v) is 13.8. The number of anilines is 2. The van der Waals surface area contributed by atoms with Crippen molar-refractivity contribution >= 4 is 17.5 Å². The average molecular weight is 326 g/mol. The van der Waals surface area contributed by atoms with E-state index in [1.165, 1.54) is 0 Å². The Balaban J connectivity index is 1.63. The number of ether oxygens (including phenoxy) is 1. The van der Waals surface area contributed by atoms with Gasteiger partial charge in [-0.3, -0.25) is 4.79 Å². The summed E-state index contributed by atoms with van der Waals surface area (Å²) in [5.41, 5.74) is 1.40. The van der Waals surface area contributed by atoms with Gasteiger partial charge in [-0.25, -0.2) is 9.97 Å². The maximum Gasteiger partial charge on any atom is 0.257 e. The fourth-order valence-electron chi connectivity index (χ4n) is 2.73. The molecule has 6 nitrogen and oxygen atoms in total. The largest absolute Gasteiger partial charge is 0.376 e. The lowest BCUT2D eigenvalue weighted by molar-refractivity contribution is 0.0538. The van der Waals surface area contributed by atoms with Crippen LogP contribution in [-0.2, 0) is 4.74 Å². The fraction of sp³-hybridized carbons (Fsp3) is 0.389. The standard InChI is InChI=1S/C18H22N4O2/c1-2-22(13-16-9-6-10-24-16)17(23)14-11-19-18(20-12-14)21-15-7-4-3-5-8-15/h3-5,7-8,11-12,16H,2,6,9-10,13H2,1H3,(H,19,20,21)/t16-/m1/s1. The molecule has 0 bridgehead atoms. The van der Waals surface area contributed by atoms with E-state index >= 15 is 0 Å². The molecule has 1 aliphatic rings. The van der Waals surface area contributed by atoms with Gasteiger partial charge in [0.1, 0.15) is 0 Å². The van der Waals surface area contributed by atoms with E-state index < -0.39 is 0 Å². The lowest BCUT2D eigenvalue weighted by Crippen LogP contribution is -2.37. The van der Waals surface area contributed by atoms with Crippen molar-refractivity contribution in [2.45, 2.75) is 25.9 Å². The minimum atomic E-state index is -0.0562. The van der Waals surface area contributed by atoms with E-state index in [2.05, 4.69) is 15.3 Å². The van der Waals surface area contributed by atoms with Crippen LogP contribution in [0.1, 0.15) is 30.1 Å². The van der Waals surface area contributed by atoms with Crippen molar-refractivity contribution in [1.29, 1.82) is 0 Å². The van der Waals surface area contributed by atoms with E-state index in [9.17, 15) is 4.79 Å². The van der Waals surface area contributed by atoms with Crippen molar-refractivity contribution in [3.8, 4) is 0 Å². The first-order chi connectivity index (χ1) is 11.8. The Labute approximate surface area is 141 Å². The van der Waals surface area contributed by atoms with Crippen molar-refractivity contribution < 1.29 is 9.53 Å². The van der Waals surface area contributed by atoms with Gasteiger partial charge in [-0.2, -0.15) is 0 Å². The Bertz CT molecular complexity index is 654. The minimum absolute atomic E-state index is 0.0562. The maximum atomic E-state index is 12.6. The fourth-order valence-corrected chi connectivity index (χ4v) is 2.73. The zero-order valence-electron chi connectivity index (χ0n) is 13.8. The quantitative estimate of drug-likeness (QED) is 0.884. The molecular weight excluding hydrogens is 304 g/mol. The molecule has 1 aromatic carbocycles. The number of benzene rings is 1. The van der Waals surface area contributed by atoms with E-state index in [0.717, 1.165) is 25.1 Å². The van der Waals surface area contributed by atoms with Crippen LogP contribution in [0.4, 0.5) is 11.6 Å². The molecule has 1 fully saturated rings. The molecule has 1 atom stereocenters. The Kier molecular flexibility index (Phi) is 5.38. The second-order valence-electron chi connectivity index (χ2n) is 5.77. The van der Waals surface area contributed by atoms with Crippen molar-refractivity contribution in [2.24, 2.45) is 0 Å². The summed E-state index contributed by atoms with van der Waals surface area (Å²) >= 11 is 0. The lowest BCUT2D eigenvalue weighted by atomic mass is 10.2. The van der Waals surface area contributed by atoms with Crippen molar-refractivity contribution in [3.63, 3.8) is 0 Å². The summed E-state index contributed by atoms with van der Waals surface area (Å²) in [7, 11) is 0. The molecule has 0 radical (unpaired) electrons. The first-order valence-corrected chi connectivity index (χ1v) is 8.31. The summed E-state index contributed by atoms with van der Waals surface area (Å²) < 4.78 is 5.62. The number of rotatable bonds is 6. The predicted molar refractivity (Wildman–Crippen MR) is 92.3 cm³/mol. The highest BCUT2D eigenvalue weighted by Crippen LogP contribution is 2.15. The summed E-state index contributed by atoms with van der Waals surface area (Å²) in [6.07, 6.45) is 5.37. The maximum absolute atomic E-state index is 12.6. The van der Waals surface area contributed by atoms with Gasteiger partial charge in [-0.05, 0) is 31.9 Å². The molecule has 1 aliphatic heterocycles. The molecule has 2 heterocycles. The third-order valence-electron chi connectivity index (χ3n) is 4.05. The number of hydrogen-bond donors (Lipinski definition) is 1. The highest BCUT2D eigenvalue weighted by atomic mass is 16.5. The highest BCUT2D eigenvalue weighted by Gasteiger charge is 2.22. The second-order valence-corrected chi connectivity index (χ2v) is 5.77. The van der Waals surface area contributed by atoms with Crippen molar-refractivity contribution in [1.82, 2.24) is 14.9 Å². The van der Waals surface area contributed by atoms with Crippen LogP contribution in [0.5, 0.6) is 0 Å². The minimum Gasteiger partial charge on any atom is -0.376 e. The number of nitrogens with one attached hydrogen (secondary N) is 1. The van der Waals surface area contributed by atoms with Gasteiger partial charge in [0.25, 0.3) is 5.91 Å². The van der Waals surface area contributed by atoms with Gasteiger partial charge in [0.15, 0.2) is 0 Å². The van der Waals surface area contributed by atoms with Gasteiger partial charge >= 0.3 is 0 Å². The molecule has 1 saturated heterocycles. The zero-order chi connectivity index (χ0) is 16.8. The molecule has 1 amide bonds. The monoisotopic (exact) mass is 326 g/mol. The molecule has 0 aliphatic carbocycles. The number of nitrogens with zero attached hydrogens (tertiary/aromatic N) is 3. The Morgan fingerprint density at radius 2 is 2.04 bits per heavy atom. The van der Waals surface area contributed by atoms with Gasteiger partial charge in [-0.15, -0.1) is 0 Å².